The summed E-state index contributed by atoms with van der Waals surface area (Å²) in [5, 5.41) is 18.2. The Balaban J connectivity index is 1.34. The number of hydrogen-bond acceptors (Lipinski definition) is 6. The number of halogens is 1. The molecule has 1 saturated heterocycles. The minimum Gasteiger partial charge on any atom is -0.508 e. The van der Waals surface area contributed by atoms with Crippen LogP contribution in [0.2, 0.25) is 0 Å². The van der Waals surface area contributed by atoms with E-state index < -0.39 is 0 Å². The summed E-state index contributed by atoms with van der Waals surface area (Å²) < 4.78 is 2.68. The Bertz CT molecular complexity index is 1250. The molecule has 0 spiro atoms. The van der Waals surface area contributed by atoms with Crippen LogP contribution >= 0.6 is 15.9 Å². The highest BCUT2D eigenvalue weighted by Crippen LogP contribution is 2.30. The fourth-order valence-corrected chi connectivity index (χ4v) is 4.59. The van der Waals surface area contributed by atoms with Crippen molar-refractivity contribution in [3.05, 3.63) is 70.8 Å². The van der Waals surface area contributed by atoms with E-state index in [0.29, 0.717) is 17.5 Å². The largest absolute Gasteiger partial charge is 0.508 e. The number of aromatic hydroxyl groups is 1. The molecule has 5 rings (SSSR count). The van der Waals surface area contributed by atoms with Gasteiger partial charge >= 0.3 is 0 Å². The number of nitrogens with one attached hydrogen (secondary N) is 1. The minimum absolute atomic E-state index is 0.324. The molecule has 0 atom stereocenters. The highest BCUT2D eigenvalue weighted by molar-refractivity contribution is 9.10. The fourth-order valence-electron chi connectivity index (χ4n) is 4.24. The summed E-state index contributed by atoms with van der Waals surface area (Å²) in [5.74, 6) is 1.27. The lowest BCUT2D eigenvalue weighted by molar-refractivity contribution is 0.209. The number of phenolic OH excluding ortho intramolecular Hbond substituents is 1. The van der Waals surface area contributed by atoms with Gasteiger partial charge in [0.1, 0.15) is 11.6 Å². The standard InChI is InChI=1S/C24H25BrN6O/c25-19-14-27-31-23(13-21(29-24(19)31)18-6-2-3-7-20(18)26)28-17-9-11-30(12-10-17)15-16-5-1-4-8-22(16)32/h1-8,13-14,17,28,32H,9-12,15,26H2. The Kier molecular flexibility index (Phi) is 5.71. The molecule has 0 saturated carbocycles. The van der Waals surface area contributed by atoms with Gasteiger partial charge in [-0.05, 0) is 40.9 Å². The number of rotatable bonds is 5. The average Bonchev–Trinajstić information content (AvgIpc) is 3.18. The monoisotopic (exact) mass is 492 g/mol. The molecule has 8 heteroatoms. The molecule has 0 unspecified atom stereocenters. The second-order valence-corrected chi connectivity index (χ2v) is 9.02. The number of fused-ring (bicyclic) bond motifs is 1. The Morgan fingerprint density at radius 3 is 2.62 bits per heavy atom. The fraction of sp³-hybridized carbons (Fsp3) is 0.250. The molecule has 2 aromatic heterocycles. The molecule has 1 aliphatic heterocycles. The third-order valence-electron chi connectivity index (χ3n) is 5.99. The second kappa shape index (κ2) is 8.80. The molecule has 4 aromatic rings. The maximum absolute atomic E-state index is 10.1. The van der Waals surface area contributed by atoms with E-state index in [-0.39, 0.29) is 0 Å². The number of nitrogens with two attached hydrogens (primary N) is 1. The van der Waals surface area contributed by atoms with E-state index in [1.165, 1.54) is 0 Å². The number of nitrogens with zero attached hydrogens (tertiary/aromatic N) is 4. The molecule has 32 heavy (non-hydrogen) atoms. The van der Waals surface area contributed by atoms with Crippen LogP contribution in [0.5, 0.6) is 5.75 Å². The van der Waals surface area contributed by atoms with Crippen LogP contribution in [0.25, 0.3) is 16.9 Å². The Morgan fingerprint density at radius 1 is 1.09 bits per heavy atom. The normalized spacial score (nSPS) is 15.3. The predicted octanol–water partition coefficient (Wildman–Crippen LogP) is 4.52. The second-order valence-electron chi connectivity index (χ2n) is 8.17. The van der Waals surface area contributed by atoms with Crippen molar-refractivity contribution in [2.75, 3.05) is 24.1 Å². The molecule has 0 aliphatic carbocycles. The van der Waals surface area contributed by atoms with E-state index in [1.807, 2.05) is 53.0 Å². The van der Waals surface area contributed by atoms with Crippen LogP contribution in [0.4, 0.5) is 11.5 Å². The smallest absolute Gasteiger partial charge is 0.172 e. The summed E-state index contributed by atoms with van der Waals surface area (Å²) in [4.78, 5) is 7.17. The van der Waals surface area contributed by atoms with Crippen LogP contribution in [0.15, 0.2) is 65.3 Å². The van der Waals surface area contributed by atoms with E-state index in [2.05, 4.69) is 31.2 Å². The van der Waals surface area contributed by atoms with Crippen molar-refractivity contribution < 1.29 is 5.11 Å². The number of phenols is 1. The lowest BCUT2D eigenvalue weighted by atomic mass is 10.0. The molecule has 4 N–H and O–H groups in total. The third kappa shape index (κ3) is 4.16. The molecular formula is C24H25BrN6O. The first kappa shape index (κ1) is 20.8. The highest BCUT2D eigenvalue weighted by atomic mass is 79.9. The first-order chi connectivity index (χ1) is 15.6. The van der Waals surface area contributed by atoms with Crippen LogP contribution in [0, 0.1) is 0 Å². The van der Waals surface area contributed by atoms with Gasteiger partial charge in [0, 0.05) is 48.6 Å². The first-order valence-corrected chi connectivity index (χ1v) is 11.5. The lowest BCUT2D eigenvalue weighted by Gasteiger charge is -2.33. The van der Waals surface area contributed by atoms with Crippen molar-refractivity contribution in [3.63, 3.8) is 0 Å². The van der Waals surface area contributed by atoms with E-state index in [9.17, 15) is 5.11 Å². The summed E-state index contributed by atoms with van der Waals surface area (Å²) >= 11 is 3.56. The lowest BCUT2D eigenvalue weighted by Crippen LogP contribution is -2.39. The van der Waals surface area contributed by atoms with Crippen molar-refractivity contribution in [1.29, 1.82) is 0 Å². The molecule has 1 aliphatic rings. The van der Waals surface area contributed by atoms with Gasteiger partial charge in [0.05, 0.1) is 16.4 Å². The molecule has 0 amide bonds. The number of piperidine rings is 1. The van der Waals surface area contributed by atoms with E-state index >= 15 is 0 Å². The zero-order valence-corrected chi connectivity index (χ0v) is 19.2. The Morgan fingerprint density at radius 2 is 1.84 bits per heavy atom. The van der Waals surface area contributed by atoms with Gasteiger partial charge in [0.15, 0.2) is 5.65 Å². The molecule has 1 fully saturated rings. The molecule has 164 valence electrons. The highest BCUT2D eigenvalue weighted by Gasteiger charge is 2.22. The zero-order valence-electron chi connectivity index (χ0n) is 17.6. The topological polar surface area (TPSA) is 91.7 Å². The number of benzene rings is 2. The molecule has 7 nitrogen and oxygen atoms in total. The van der Waals surface area contributed by atoms with Gasteiger partial charge in [-0.3, -0.25) is 4.90 Å². The van der Waals surface area contributed by atoms with Crippen molar-refractivity contribution in [1.82, 2.24) is 19.5 Å². The van der Waals surface area contributed by atoms with Gasteiger partial charge in [0.25, 0.3) is 0 Å². The number of aromatic nitrogens is 3. The predicted molar refractivity (Wildman–Crippen MR) is 131 cm³/mol. The quantitative estimate of drug-likeness (QED) is 0.354. The van der Waals surface area contributed by atoms with Gasteiger partial charge < -0.3 is 16.2 Å². The van der Waals surface area contributed by atoms with Crippen molar-refractivity contribution in [2.24, 2.45) is 0 Å². The first-order valence-electron chi connectivity index (χ1n) is 10.7. The van der Waals surface area contributed by atoms with E-state index in [4.69, 9.17) is 10.7 Å². The maximum Gasteiger partial charge on any atom is 0.172 e. The third-order valence-corrected chi connectivity index (χ3v) is 6.55. The summed E-state index contributed by atoms with van der Waals surface area (Å²) in [5.41, 5.74) is 10.4. The van der Waals surface area contributed by atoms with E-state index in [0.717, 1.165) is 65.2 Å². The molecule has 3 heterocycles. The average molecular weight is 493 g/mol. The molecular weight excluding hydrogens is 468 g/mol. The number of hydrogen-bond donors (Lipinski definition) is 3. The number of para-hydroxylation sites is 2. The van der Waals surface area contributed by atoms with Crippen molar-refractivity contribution in [3.8, 4) is 17.0 Å². The molecule has 0 radical (unpaired) electrons. The van der Waals surface area contributed by atoms with Crippen molar-refractivity contribution in [2.45, 2.75) is 25.4 Å². The van der Waals surface area contributed by atoms with Gasteiger partial charge in [-0.2, -0.15) is 9.61 Å². The summed E-state index contributed by atoms with van der Waals surface area (Å²) in [6.07, 6.45) is 3.77. The maximum atomic E-state index is 10.1. The Hall–Kier alpha value is -3.10. The van der Waals surface area contributed by atoms with Crippen molar-refractivity contribution >= 4 is 33.1 Å². The molecule has 2 aromatic carbocycles. The zero-order chi connectivity index (χ0) is 22.1. The number of anilines is 2. The summed E-state index contributed by atoms with van der Waals surface area (Å²) in [6.45, 7) is 2.69. The summed E-state index contributed by atoms with van der Waals surface area (Å²) in [7, 11) is 0. The van der Waals surface area contributed by atoms with Crippen LogP contribution < -0.4 is 11.1 Å². The van der Waals surface area contributed by atoms with Crippen LogP contribution in [0.1, 0.15) is 18.4 Å². The van der Waals surface area contributed by atoms with Gasteiger partial charge in [-0.25, -0.2) is 4.98 Å². The van der Waals surface area contributed by atoms with Crippen LogP contribution in [-0.4, -0.2) is 43.7 Å². The number of nitrogen functional groups attached to an aromatic ring is 1. The van der Waals surface area contributed by atoms with E-state index in [1.54, 1.807) is 12.3 Å². The minimum atomic E-state index is 0.324. The van der Waals surface area contributed by atoms with Gasteiger partial charge in [-0.1, -0.05) is 36.4 Å². The SMILES string of the molecule is Nc1ccccc1-c1cc(NC2CCN(Cc3ccccc3O)CC2)n2ncc(Br)c2n1. The Labute approximate surface area is 195 Å². The van der Waals surface area contributed by atoms with Crippen LogP contribution in [-0.2, 0) is 6.54 Å². The van der Waals surface area contributed by atoms with Gasteiger partial charge in [0.2, 0.25) is 0 Å². The van der Waals surface area contributed by atoms with Crippen LogP contribution in [0.3, 0.4) is 0 Å². The summed E-state index contributed by atoms with van der Waals surface area (Å²) in [6, 6.07) is 17.7. The van der Waals surface area contributed by atoms with Gasteiger partial charge in [-0.15, -0.1) is 0 Å². The molecule has 0 bridgehead atoms. The number of likely N-dealkylation sites (tertiary alicyclic amines) is 1.